The molecule has 0 aromatic heterocycles. The van der Waals surface area contributed by atoms with Gasteiger partial charge in [-0.2, -0.15) is 0 Å². The van der Waals surface area contributed by atoms with E-state index in [0.717, 1.165) is 8.95 Å². The topological polar surface area (TPSA) is 46.5 Å². The number of benzene rings is 1. The van der Waals surface area contributed by atoms with Gasteiger partial charge in [0.2, 0.25) is 0 Å². The molecule has 5 heteroatoms. The van der Waals surface area contributed by atoms with Crippen molar-refractivity contribution in [2.45, 2.75) is 6.10 Å². The number of hydrogen-bond acceptors (Lipinski definition) is 2. The van der Waals surface area contributed by atoms with Crippen LogP contribution in [0.3, 0.4) is 0 Å². The average molecular weight is 324 g/mol. The second-order valence-electron chi connectivity index (χ2n) is 2.66. The Labute approximate surface area is 98.3 Å². The van der Waals surface area contributed by atoms with E-state index in [2.05, 4.69) is 31.9 Å². The molecular formula is C9H8Br2O3. The Morgan fingerprint density at radius 1 is 1.36 bits per heavy atom. The van der Waals surface area contributed by atoms with Gasteiger partial charge in [-0.3, -0.25) is 0 Å². The molecular weight excluding hydrogens is 316 g/mol. The molecule has 0 aliphatic carbocycles. The lowest BCUT2D eigenvalue weighted by Crippen LogP contribution is -2.13. The molecule has 0 aliphatic heterocycles. The Morgan fingerprint density at radius 3 is 2.21 bits per heavy atom. The maximum atomic E-state index is 10.8. The predicted molar refractivity (Wildman–Crippen MR) is 59.2 cm³/mol. The number of rotatable bonds is 3. The molecule has 1 aromatic rings. The summed E-state index contributed by atoms with van der Waals surface area (Å²) in [5.74, 6) is -1.00. The quantitative estimate of drug-likeness (QED) is 0.930. The van der Waals surface area contributed by atoms with Gasteiger partial charge >= 0.3 is 5.97 Å². The standard InChI is InChI=1S/C9H8Br2O3/c1-14-8(9(12)13)5-2-6(10)4-7(11)3-5/h2-4,8H,1H3,(H,12,13). The van der Waals surface area contributed by atoms with E-state index < -0.39 is 12.1 Å². The smallest absolute Gasteiger partial charge is 0.337 e. The summed E-state index contributed by atoms with van der Waals surface area (Å²) in [6.45, 7) is 0. The Morgan fingerprint density at radius 2 is 1.86 bits per heavy atom. The molecule has 1 N–H and O–H groups in total. The van der Waals surface area contributed by atoms with Crippen LogP contribution < -0.4 is 0 Å². The number of ether oxygens (including phenoxy) is 1. The fourth-order valence-electron chi connectivity index (χ4n) is 1.11. The van der Waals surface area contributed by atoms with Crippen LogP contribution in [0.2, 0.25) is 0 Å². The molecule has 3 nitrogen and oxygen atoms in total. The fraction of sp³-hybridized carbons (Fsp3) is 0.222. The zero-order valence-electron chi connectivity index (χ0n) is 7.33. The predicted octanol–water partition coefficient (Wildman–Crippen LogP) is 2.98. The van der Waals surface area contributed by atoms with Crippen LogP contribution in [0.1, 0.15) is 11.7 Å². The van der Waals surface area contributed by atoms with Crippen molar-refractivity contribution in [1.29, 1.82) is 0 Å². The van der Waals surface area contributed by atoms with Crippen LogP contribution in [0.25, 0.3) is 0 Å². The van der Waals surface area contributed by atoms with Crippen molar-refractivity contribution in [2.75, 3.05) is 7.11 Å². The van der Waals surface area contributed by atoms with Crippen LogP contribution in [-0.4, -0.2) is 18.2 Å². The summed E-state index contributed by atoms with van der Waals surface area (Å²) < 4.78 is 6.49. The van der Waals surface area contributed by atoms with Crippen LogP contribution in [-0.2, 0) is 9.53 Å². The Balaban J connectivity index is 3.10. The largest absolute Gasteiger partial charge is 0.479 e. The zero-order valence-corrected chi connectivity index (χ0v) is 10.5. The van der Waals surface area contributed by atoms with Gasteiger partial charge in [0, 0.05) is 16.1 Å². The van der Waals surface area contributed by atoms with E-state index in [1.54, 1.807) is 12.1 Å². The van der Waals surface area contributed by atoms with Crippen molar-refractivity contribution in [1.82, 2.24) is 0 Å². The van der Waals surface area contributed by atoms with Gasteiger partial charge < -0.3 is 9.84 Å². The van der Waals surface area contributed by atoms with E-state index in [9.17, 15) is 4.79 Å². The summed E-state index contributed by atoms with van der Waals surface area (Å²) in [5, 5.41) is 8.85. The van der Waals surface area contributed by atoms with Gasteiger partial charge in [-0.25, -0.2) is 4.79 Å². The summed E-state index contributed by atoms with van der Waals surface area (Å²) in [4.78, 5) is 10.8. The number of halogens is 2. The van der Waals surface area contributed by atoms with Gasteiger partial charge in [0.1, 0.15) is 0 Å². The molecule has 1 atom stereocenters. The lowest BCUT2D eigenvalue weighted by Gasteiger charge is -2.11. The Bertz CT molecular complexity index is 332. The van der Waals surface area contributed by atoms with Crippen molar-refractivity contribution in [3.05, 3.63) is 32.7 Å². The monoisotopic (exact) mass is 322 g/mol. The van der Waals surface area contributed by atoms with Crippen molar-refractivity contribution in [3.63, 3.8) is 0 Å². The number of aliphatic carboxylic acids is 1. The summed E-state index contributed by atoms with van der Waals surface area (Å²) >= 11 is 6.56. The highest BCUT2D eigenvalue weighted by molar-refractivity contribution is 9.11. The van der Waals surface area contributed by atoms with Crippen LogP contribution in [0.4, 0.5) is 0 Å². The molecule has 0 bridgehead atoms. The van der Waals surface area contributed by atoms with Crippen molar-refractivity contribution in [3.8, 4) is 0 Å². The van der Waals surface area contributed by atoms with Crippen molar-refractivity contribution >= 4 is 37.8 Å². The van der Waals surface area contributed by atoms with Gasteiger partial charge in [0.05, 0.1) is 0 Å². The highest BCUT2D eigenvalue weighted by Crippen LogP contribution is 2.25. The minimum absolute atomic E-state index is 0.598. The lowest BCUT2D eigenvalue weighted by atomic mass is 10.1. The van der Waals surface area contributed by atoms with E-state index in [0.29, 0.717) is 5.56 Å². The maximum Gasteiger partial charge on any atom is 0.337 e. The minimum atomic E-state index is -1.00. The molecule has 0 radical (unpaired) electrons. The highest BCUT2D eigenvalue weighted by atomic mass is 79.9. The van der Waals surface area contributed by atoms with Crippen molar-refractivity contribution < 1.29 is 14.6 Å². The lowest BCUT2D eigenvalue weighted by molar-refractivity contribution is -0.148. The first-order chi connectivity index (χ1) is 6.54. The van der Waals surface area contributed by atoms with Gasteiger partial charge in [0.25, 0.3) is 0 Å². The summed E-state index contributed by atoms with van der Waals surface area (Å²) in [6, 6.07) is 5.26. The molecule has 0 fully saturated rings. The van der Waals surface area contributed by atoms with Gasteiger partial charge in [-0.05, 0) is 23.8 Å². The maximum absolute atomic E-state index is 10.8. The molecule has 1 unspecified atom stereocenters. The first-order valence-electron chi connectivity index (χ1n) is 3.76. The fourth-order valence-corrected chi connectivity index (χ4v) is 2.44. The highest BCUT2D eigenvalue weighted by Gasteiger charge is 2.19. The van der Waals surface area contributed by atoms with Gasteiger partial charge in [0.15, 0.2) is 6.10 Å². The van der Waals surface area contributed by atoms with Crippen molar-refractivity contribution in [2.24, 2.45) is 0 Å². The minimum Gasteiger partial charge on any atom is -0.479 e. The van der Waals surface area contributed by atoms with Gasteiger partial charge in [-0.15, -0.1) is 0 Å². The molecule has 14 heavy (non-hydrogen) atoms. The molecule has 76 valence electrons. The summed E-state index contributed by atoms with van der Waals surface area (Å²) in [5.41, 5.74) is 0.598. The molecule has 1 aromatic carbocycles. The van der Waals surface area contributed by atoms with E-state index in [1.165, 1.54) is 7.11 Å². The molecule has 0 aliphatic rings. The van der Waals surface area contributed by atoms with Crippen LogP contribution in [0.5, 0.6) is 0 Å². The Kier molecular flexibility index (Phi) is 4.10. The average Bonchev–Trinajstić information content (AvgIpc) is 2.02. The molecule has 0 spiro atoms. The molecule has 0 heterocycles. The van der Waals surface area contributed by atoms with Gasteiger partial charge in [-0.1, -0.05) is 31.9 Å². The summed E-state index contributed by atoms with van der Waals surface area (Å²) in [6.07, 6.45) is -0.927. The number of hydrogen-bond donors (Lipinski definition) is 1. The van der Waals surface area contributed by atoms with E-state index in [-0.39, 0.29) is 0 Å². The van der Waals surface area contributed by atoms with E-state index in [4.69, 9.17) is 9.84 Å². The second-order valence-corrected chi connectivity index (χ2v) is 4.49. The molecule has 0 amide bonds. The number of carboxylic acid groups (broad SMARTS) is 1. The Hall–Kier alpha value is -0.390. The SMILES string of the molecule is COC(C(=O)O)c1cc(Br)cc(Br)c1. The molecule has 0 saturated carbocycles. The first kappa shape index (κ1) is 11.7. The van der Waals surface area contributed by atoms with E-state index >= 15 is 0 Å². The third kappa shape index (κ3) is 2.80. The second kappa shape index (κ2) is 4.91. The molecule has 0 saturated heterocycles. The zero-order chi connectivity index (χ0) is 10.7. The third-order valence-electron chi connectivity index (χ3n) is 1.65. The summed E-state index contributed by atoms with van der Waals surface area (Å²) in [7, 11) is 1.37. The normalized spacial score (nSPS) is 12.5. The number of carbonyl (C=O) groups is 1. The van der Waals surface area contributed by atoms with Crippen LogP contribution in [0, 0.1) is 0 Å². The first-order valence-corrected chi connectivity index (χ1v) is 5.35. The van der Waals surface area contributed by atoms with E-state index in [1.807, 2.05) is 6.07 Å². The number of methoxy groups -OCH3 is 1. The number of carboxylic acids is 1. The molecule has 1 rings (SSSR count). The van der Waals surface area contributed by atoms with Crippen LogP contribution >= 0.6 is 31.9 Å². The van der Waals surface area contributed by atoms with Crippen LogP contribution in [0.15, 0.2) is 27.1 Å². The third-order valence-corrected chi connectivity index (χ3v) is 2.56.